The quantitative estimate of drug-likeness (QED) is 0.725. The van der Waals surface area contributed by atoms with Crippen molar-refractivity contribution >= 4 is 12.0 Å². The molecule has 0 radical (unpaired) electrons. The Morgan fingerprint density at radius 1 is 1.04 bits per heavy atom. The molecule has 144 valence electrons. The van der Waals surface area contributed by atoms with Crippen LogP contribution in [0.15, 0.2) is 48.5 Å². The summed E-state index contributed by atoms with van der Waals surface area (Å²) >= 11 is 0. The van der Waals surface area contributed by atoms with E-state index in [2.05, 4.69) is 19.1 Å². The molecule has 0 heterocycles. The van der Waals surface area contributed by atoms with Crippen molar-refractivity contribution in [1.29, 1.82) is 0 Å². The van der Waals surface area contributed by atoms with Gasteiger partial charge in [0.2, 0.25) is 5.91 Å². The fourth-order valence-corrected chi connectivity index (χ4v) is 3.13. The predicted octanol–water partition coefficient (Wildman–Crippen LogP) is 4.46. The number of ether oxygens (including phenoxy) is 2. The van der Waals surface area contributed by atoms with E-state index in [4.69, 9.17) is 9.47 Å². The molecule has 0 aliphatic carbocycles. The summed E-state index contributed by atoms with van der Waals surface area (Å²) in [6.45, 7) is 4.04. The third-order valence-electron chi connectivity index (χ3n) is 4.79. The number of allylic oxidation sites excluding steroid dienone is 1. The van der Waals surface area contributed by atoms with Crippen LogP contribution in [0.5, 0.6) is 11.5 Å². The predicted molar refractivity (Wildman–Crippen MR) is 110 cm³/mol. The van der Waals surface area contributed by atoms with Crippen molar-refractivity contribution in [3.63, 3.8) is 0 Å². The lowest BCUT2D eigenvalue weighted by Crippen LogP contribution is -2.31. The zero-order chi connectivity index (χ0) is 20.0. The number of methoxy groups -OCH3 is 2. The molecule has 4 nitrogen and oxygen atoms in total. The minimum Gasteiger partial charge on any atom is -0.493 e. The molecule has 0 unspecified atom stereocenters. The lowest BCUT2D eigenvalue weighted by Gasteiger charge is -2.30. The maximum Gasteiger partial charge on any atom is 0.223 e. The van der Waals surface area contributed by atoms with Gasteiger partial charge in [-0.15, -0.1) is 0 Å². The first-order valence-corrected chi connectivity index (χ1v) is 8.99. The highest BCUT2D eigenvalue weighted by molar-refractivity contribution is 5.78. The Labute approximate surface area is 162 Å². The van der Waals surface area contributed by atoms with Crippen molar-refractivity contribution in [3.05, 3.63) is 65.2 Å². The number of hydrogen-bond donors (Lipinski definition) is 0. The molecule has 4 heteroatoms. The average Bonchev–Trinajstić information content (AvgIpc) is 2.66. The molecule has 27 heavy (non-hydrogen) atoms. The third kappa shape index (κ3) is 4.70. The van der Waals surface area contributed by atoms with Gasteiger partial charge in [0.1, 0.15) is 0 Å². The Morgan fingerprint density at radius 3 is 2.22 bits per heavy atom. The van der Waals surface area contributed by atoms with E-state index < -0.39 is 5.41 Å². The highest BCUT2D eigenvalue weighted by atomic mass is 16.5. The number of aryl methyl sites for hydroxylation is 1. The first-order chi connectivity index (χ1) is 12.8. The SMILES string of the molecule is COc1c(C)ccc([C@@](C)(/C=C/c2ccccc2)CC(=O)N(C)C)c1OC. The largest absolute Gasteiger partial charge is 0.493 e. The molecule has 2 aromatic rings. The average molecular weight is 367 g/mol. The van der Waals surface area contributed by atoms with Gasteiger partial charge in [0, 0.05) is 31.5 Å². The molecule has 0 spiro atoms. The van der Waals surface area contributed by atoms with Crippen LogP contribution in [0, 0.1) is 6.92 Å². The molecular weight excluding hydrogens is 338 g/mol. The van der Waals surface area contributed by atoms with Crippen LogP contribution in [0.4, 0.5) is 0 Å². The third-order valence-corrected chi connectivity index (χ3v) is 4.79. The van der Waals surface area contributed by atoms with Crippen LogP contribution < -0.4 is 9.47 Å². The van der Waals surface area contributed by atoms with Gasteiger partial charge in [0.15, 0.2) is 11.5 Å². The lowest BCUT2D eigenvalue weighted by atomic mass is 9.77. The van der Waals surface area contributed by atoms with E-state index in [0.717, 1.165) is 16.7 Å². The smallest absolute Gasteiger partial charge is 0.223 e. The second-order valence-electron chi connectivity index (χ2n) is 7.12. The Kier molecular flexibility index (Phi) is 6.67. The summed E-state index contributed by atoms with van der Waals surface area (Å²) in [7, 11) is 6.82. The zero-order valence-corrected chi connectivity index (χ0v) is 17.1. The lowest BCUT2D eigenvalue weighted by molar-refractivity contribution is -0.129. The molecule has 0 fully saturated rings. The van der Waals surface area contributed by atoms with Crippen molar-refractivity contribution in [1.82, 2.24) is 4.90 Å². The molecule has 0 aliphatic rings. The Hall–Kier alpha value is -2.75. The molecule has 2 rings (SSSR count). The molecule has 2 aromatic carbocycles. The fraction of sp³-hybridized carbons (Fsp3) is 0.348. The summed E-state index contributed by atoms with van der Waals surface area (Å²) in [6, 6.07) is 14.1. The molecule has 1 atom stereocenters. The maximum absolute atomic E-state index is 12.6. The number of hydrogen-bond acceptors (Lipinski definition) is 3. The second kappa shape index (κ2) is 8.76. The zero-order valence-electron chi connectivity index (χ0n) is 17.1. The van der Waals surface area contributed by atoms with Crippen molar-refractivity contribution < 1.29 is 14.3 Å². The van der Waals surface area contributed by atoms with Gasteiger partial charge in [-0.25, -0.2) is 0 Å². The maximum atomic E-state index is 12.6. The normalized spacial score (nSPS) is 13.3. The van der Waals surface area contributed by atoms with Crippen LogP contribution >= 0.6 is 0 Å². The van der Waals surface area contributed by atoms with E-state index in [-0.39, 0.29) is 5.91 Å². The van der Waals surface area contributed by atoms with Crippen molar-refractivity contribution in [2.75, 3.05) is 28.3 Å². The number of carbonyl (C=O) groups is 1. The van der Waals surface area contributed by atoms with Gasteiger partial charge in [0.05, 0.1) is 14.2 Å². The number of rotatable bonds is 7. The minimum absolute atomic E-state index is 0.0526. The van der Waals surface area contributed by atoms with E-state index in [0.29, 0.717) is 17.9 Å². The number of carbonyl (C=O) groups excluding carboxylic acids is 1. The van der Waals surface area contributed by atoms with E-state index >= 15 is 0 Å². The van der Waals surface area contributed by atoms with Crippen LogP contribution in [0.3, 0.4) is 0 Å². The number of nitrogens with zero attached hydrogens (tertiary/aromatic N) is 1. The standard InChI is InChI=1S/C23H29NO3/c1-17-12-13-19(22(27-6)21(17)26-5)23(2,16-20(25)24(3)4)15-14-18-10-8-7-9-11-18/h7-15H,16H2,1-6H3/b15-14+/t23-/m0/s1. The summed E-state index contributed by atoms with van der Waals surface area (Å²) in [5, 5.41) is 0. The van der Waals surface area contributed by atoms with E-state index in [1.54, 1.807) is 33.2 Å². The van der Waals surface area contributed by atoms with Gasteiger partial charge < -0.3 is 14.4 Å². The van der Waals surface area contributed by atoms with Gasteiger partial charge in [-0.1, -0.05) is 61.5 Å². The van der Waals surface area contributed by atoms with Crippen LogP contribution in [0.25, 0.3) is 6.08 Å². The highest BCUT2D eigenvalue weighted by Gasteiger charge is 2.32. The summed E-state index contributed by atoms with van der Waals surface area (Å²) in [6.07, 6.45) is 4.46. The molecule has 1 amide bonds. The van der Waals surface area contributed by atoms with Crippen molar-refractivity contribution in [2.24, 2.45) is 0 Å². The first-order valence-electron chi connectivity index (χ1n) is 8.99. The van der Waals surface area contributed by atoms with Gasteiger partial charge in [-0.3, -0.25) is 4.79 Å². The fourth-order valence-electron chi connectivity index (χ4n) is 3.13. The van der Waals surface area contributed by atoms with Crippen LogP contribution in [0.1, 0.15) is 30.0 Å². The van der Waals surface area contributed by atoms with Gasteiger partial charge in [-0.2, -0.15) is 0 Å². The molecule has 0 bridgehead atoms. The Balaban J connectivity index is 2.59. The van der Waals surface area contributed by atoms with Crippen LogP contribution in [-0.4, -0.2) is 39.1 Å². The van der Waals surface area contributed by atoms with E-state index in [1.165, 1.54) is 0 Å². The second-order valence-corrected chi connectivity index (χ2v) is 7.12. The first kappa shape index (κ1) is 20.6. The summed E-state index contributed by atoms with van der Waals surface area (Å²) in [4.78, 5) is 14.2. The van der Waals surface area contributed by atoms with Crippen molar-refractivity contribution in [2.45, 2.75) is 25.7 Å². The van der Waals surface area contributed by atoms with E-state index in [9.17, 15) is 4.79 Å². The Bertz CT molecular complexity index is 812. The van der Waals surface area contributed by atoms with Gasteiger partial charge >= 0.3 is 0 Å². The number of benzene rings is 2. The van der Waals surface area contributed by atoms with Crippen LogP contribution in [0.2, 0.25) is 0 Å². The molecule has 0 N–H and O–H groups in total. The molecule has 0 saturated heterocycles. The van der Waals surface area contributed by atoms with E-state index in [1.807, 2.05) is 49.4 Å². The minimum atomic E-state index is -0.552. The monoisotopic (exact) mass is 367 g/mol. The molecule has 0 aromatic heterocycles. The van der Waals surface area contributed by atoms with Crippen LogP contribution in [-0.2, 0) is 10.2 Å². The summed E-state index contributed by atoms with van der Waals surface area (Å²) < 4.78 is 11.3. The molecule has 0 saturated carbocycles. The summed E-state index contributed by atoms with van der Waals surface area (Å²) in [5.41, 5.74) is 2.45. The topological polar surface area (TPSA) is 38.8 Å². The van der Waals surface area contributed by atoms with Crippen molar-refractivity contribution in [3.8, 4) is 11.5 Å². The summed E-state index contributed by atoms with van der Waals surface area (Å²) in [5.74, 6) is 1.42. The van der Waals surface area contributed by atoms with Gasteiger partial charge in [0.25, 0.3) is 0 Å². The molecule has 0 aliphatic heterocycles. The Morgan fingerprint density at radius 2 is 1.67 bits per heavy atom. The molecular formula is C23H29NO3. The highest BCUT2D eigenvalue weighted by Crippen LogP contribution is 2.43. The van der Waals surface area contributed by atoms with Gasteiger partial charge in [-0.05, 0) is 18.1 Å². The number of amides is 1.